The fraction of sp³-hybridized carbons (Fsp3) is 0.474. The highest BCUT2D eigenvalue weighted by Crippen LogP contribution is 2.49. The molecule has 0 saturated carbocycles. The third-order valence-electron chi connectivity index (χ3n) is 9.71. The van der Waals surface area contributed by atoms with Gasteiger partial charge in [0.15, 0.2) is 0 Å². The van der Waals surface area contributed by atoms with Crippen molar-refractivity contribution in [1.29, 1.82) is 0 Å². The zero-order chi connectivity index (χ0) is 39.9. The van der Waals surface area contributed by atoms with Gasteiger partial charge in [-0.05, 0) is 19.9 Å². The number of benzene rings is 1. The predicted octanol–water partition coefficient (Wildman–Crippen LogP) is 4.58. The van der Waals surface area contributed by atoms with E-state index in [1.807, 2.05) is 0 Å². The van der Waals surface area contributed by atoms with Gasteiger partial charge in [-0.3, -0.25) is 14.4 Å². The van der Waals surface area contributed by atoms with Crippen LogP contribution in [-0.2, 0) is 23.8 Å². The number of phenolic OH excluding ortho intramolecular Hbond substituents is 1. The summed E-state index contributed by atoms with van der Waals surface area (Å²) in [6, 6.07) is 0. The molecule has 0 aliphatic carbocycles. The Hall–Kier alpha value is -5.12. The number of oxime groups is 1. The number of hydrogen-bond donors (Lipinski definition) is 7. The minimum atomic E-state index is -2.09. The van der Waals surface area contributed by atoms with Gasteiger partial charge in [-0.15, -0.1) is 0 Å². The molecule has 1 aromatic rings. The van der Waals surface area contributed by atoms with E-state index in [1.165, 1.54) is 47.0 Å². The number of allylic oxidation sites excluding steroid dienone is 3. The number of ketones is 1. The number of ether oxygens (including phenoxy) is 4. The fourth-order valence-corrected chi connectivity index (χ4v) is 6.45. The topological polar surface area (TPSA) is 234 Å². The molecule has 9 atom stereocenters. The fourth-order valence-electron chi connectivity index (χ4n) is 6.45. The lowest BCUT2D eigenvalue weighted by atomic mass is 9.78. The van der Waals surface area contributed by atoms with Crippen LogP contribution < -0.4 is 10.1 Å². The molecule has 0 fully saturated rings. The lowest BCUT2D eigenvalue weighted by molar-refractivity contribution is -0.160. The second-order valence-corrected chi connectivity index (χ2v) is 13.5. The summed E-state index contributed by atoms with van der Waals surface area (Å²) in [4.78, 5) is 39.3. The number of nitrogens with one attached hydrogen (secondary N) is 1. The van der Waals surface area contributed by atoms with E-state index in [1.54, 1.807) is 39.8 Å². The molecule has 1 amide bonds. The number of aliphatic hydroxyl groups excluding tert-OH is 4. The van der Waals surface area contributed by atoms with E-state index in [2.05, 4.69) is 10.5 Å². The summed E-state index contributed by atoms with van der Waals surface area (Å²) in [5.41, 5.74) is -1.01. The molecule has 3 rings (SSSR count). The summed E-state index contributed by atoms with van der Waals surface area (Å²) in [6.07, 6.45) is 5.90. The molecule has 0 unspecified atom stereocenters. The molecule has 1 aromatic carbocycles. The third-order valence-corrected chi connectivity index (χ3v) is 9.71. The molecule has 15 nitrogen and oxygen atoms in total. The first-order chi connectivity index (χ1) is 24.8. The molecule has 2 aliphatic rings. The van der Waals surface area contributed by atoms with E-state index in [0.717, 1.165) is 24.8 Å². The van der Waals surface area contributed by atoms with Gasteiger partial charge < -0.3 is 55.0 Å². The number of rotatable bonds is 4. The van der Waals surface area contributed by atoms with Crippen molar-refractivity contribution in [3.8, 4) is 11.5 Å². The normalized spacial score (nSPS) is 33.8. The standard InChI is InChI=1S/C38H50N2O13/c1-18-11-10-12-19(2)37(48)39-17-26(43)29-28(25(42)13-15-40-49)30-35(23(6)33(29)46)53-38(8,36(30)47)51-16-14-27(50-9)20(3)34(52-24(7)41)22(5)32(45)21(4)31(18)44/h10-18,20-22,27,31-32,34,42-46,49H,1-9H3,(H,39,48)/b11-10+,16-14+,19-12-,25-13-,26-17-,40-15+/t18-,20+,21+,22+,27-,31-,32+,34+,38-/m0/s1. The van der Waals surface area contributed by atoms with Crippen LogP contribution in [0.15, 0.2) is 53.6 Å². The number of aliphatic hydroxyl groups is 4. The van der Waals surface area contributed by atoms with E-state index in [4.69, 9.17) is 24.2 Å². The number of aromatic hydroxyl groups is 1. The number of Topliss-reactive ketones (excluding diaryl/α,β-unsaturated/α-hetero) is 1. The number of phenols is 1. The van der Waals surface area contributed by atoms with Gasteiger partial charge >= 0.3 is 11.8 Å². The maximum absolute atomic E-state index is 14.1. The molecule has 0 aromatic heterocycles. The van der Waals surface area contributed by atoms with Crippen LogP contribution >= 0.6 is 0 Å². The first-order valence-corrected chi connectivity index (χ1v) is 17.0. The quantitative estimate of drug-likeness (QED) is 0.0737. The highest BCUT2D eigenvalue weighted by molar-refractivity contribution is 6.12. The van der Waals surface area contributed by atoms with E-state index in [9.17, 15) is 39.9 Å². The minimum Gasteiger partial charge on any atom is -0.507 e. The largest absolute Gasteiger partial charge is 0.507 e. The molecule has 0 spiro atoms. The van der Waals surface area contributed by atoms with Crippen LogP contribution in [-0.4, -0.2) is 91.9 Å². The van der Waals surface area contributed by atoms with Crippen molar-refractivity contribution in [1.82, 2.24) is 5.32 Å². The van der Waals surface area contributed by atoms with Crippen LogP contribution in [0.25, 0.3) is 11.5 Å². The van der Waals surface area contributed by atoms with Gasteiger partial charge in [0.25, 0.3) is 11.7 Å². The molecule has 3 bridgehead atoms. The van der Waals surface area contributed by atoms with Crippen LogP contribution in [0, 0.1) is 30.6 Å². The number of carbonyl (C=O) groups excluding carboxylic acids is 3. The first-order valence-electron chi connectivity index (χ1n) is 17.0. The zero-order valence-electron chi connectivity index (χ0n) is 31.2. The van der Waals surface area contributed by atoms with Crippen LogP contribution in [0.5, 0.6) is 11.5 Å². The van der Waals surface area contributed by atoms with Gasteiger partial charge in [-0.25, -0.2) is 0 Å². The number of amides is 1. The predicted molar refractivity (Wildman–Crippen MR) is 194 cm³/mol. The van der Waals surface area contributed by atoms with Crippen LogP contribution in [0.2, 0.25) is 0 Å². The molecular formula is C38H50N2O13. The van der Waals surface area contributed by atoms with Crippen molar-refractivity contribution >= 4 is 35.4 Å². The summed E-state index contributed by atoms with van der Waals surface area (Å²) in [5, 5.41) is 70.4. The van der Waals surface area contributed by atoms with Gasteiger partial charge in [-0.2, -0.15) is 0 Å². The van der Waals surface area contributed by atoms with Gasteiger partial charge in [-0.1, -0.05) is 51.1 Å². The summed E-state index contributed by atoms with van der Waals surface area (Å²) >= 11 is 0. The monoisotopic (exact) mass is 742 g/mol. The Morgan fingerprint density at radius 1 is 1.02 bits per heavy atom. The number of nitrogens with zero attached hydrogens (tertiary/aromatic N) is 1. The van der Waals surface area contributed by atoms with Crippen molar-refractivity contribution in [2.75, 3.05) is 7.11 Å². The lowest BCUT2D eigenvalue weighted by Crippen LogP contribution is -2.46. The molecular weight excluding hydrogens is 692 g/mol. The molecule has 53 heavy (non-hydrogen) atoms. The van der Waals surface area contributed by atoms with Crippen LogP contribution in [0.4, 0.5) is 0 Å². The van der Waals surface area contributed by atoms with Crippen molar-refractivity contribution in [3.05, 3.63) is 70.7 Å². The van der Waals surface area contributed by atoms with Crippen LogP contribution in [0.3, 0.4) is 0 Å². The van der Waals surface area contributed by atoms with E-state index in [-0.39, 0.29) is 22.4 Å². The molecule has 7 N–H and O–H groups in total. The highest BCUT2D eigenvalue weighted by atomic mass is 16.7. The summed E-state index contributed by atoms with van der Waals surface area (Å²) < 4.78 is 23.2. The molecule has 15 heteroatoms. The Morgan fingerprint density at radius 3 is 2.28 bits per heavy atom. The first kappa shape index (κ1) is 42.3. The minimum absolute atomic E-state index is 0.0178. The lowest BCUT2D eigenvalue weighted by Gasteiger charge is -2.38. The van der Waals surface area contributed by atoms with Gasteiger partial charge in [0, 0.05) is 73.6 Å². The Labute approximate surface area is 308 Å². The van der Waals surface area contributed by atoms with Gasteiger partial charge in [0.1, 0.15) is 29.1 Å². The smallest absolute Gasteiger partial charge is 0.312 e. The average Bonchev–Trinajstić information content (AvgIpc) is 3.38. The van der Waals surface area contributed by atoms with Crippen molar-refractivity contribution in [2.24, 2.45) is 28.8 Å². The van der Waals surface area contributed by atoms with Crippen LogP contribution in [0.1, 0.15) is 75.5 Å². The average molecular weight is 743 g/mol. The zero-order valence-corrected chi connectivity index (χ0v) is 31.2. The Morgan fingerprint density at radius 2 is 1.68 bits per heavy atom. The number of methoxy groups -OCH3 is 1. The number of hydrogen-bond acceptors (Lipinski definition) is 14. The number of esters is 1. The Balaban J connectivity index is 2.26. The summed E-state index contributed by atoms with van der Waals surface area (Å²) in [6.45, 7) is 12.2. The van der Waals surface area contributed by atoms with Crippen molar-refractivity contribution < 1.29 is 64.1 Å². The maximum atomic E-state index is 14.1. The SMILES string of the molecule is CO[C@H]1/C=C/O[C@@]2(C)Oc3c(C)c(O)c(c(/C(O)=C/C=N/O)c3C2=O)/C(O)=C/NC(=O)/C(C)=C\C=C\[C@H](C)[C@H](O)[C@@H](C)[C@@H](O)[C@@H](C)[C@H](OC(C)=O)[C@@H]1C. The van der Waals surface area contributed by atoms with Gasteiger partial charge in [0.2, 0.25) is 0 Å². The maximum Gasteiger partial charge on any atom is 0.312 e. The van der Waals surface area contributed by atoms with Gasteiger partial charge in [0.05, 0.1) is 41.9 Å². The van der Waals surface area contributed by atoms with E-state index in [0.29, 0.717) is 0 Å². The molecule has 2 aliphatic heterocycles. The second kappa shape index (κ2) is 17.6. The number of fused-ring (bicyclic) bond motifs is 2. The summed E-state index contributed by atoms with van der Waals surface area (Å²) in [5.74, 6) is -8.96. The van der Waals surface area contributed by atoms with E-state index < -0.39 is 99.9 Å². The Kier molecular flexibility index (Phi) is 14.0. The summed E-state index contributed by atoms with van der Waals surface area (Å²) in [7, 11) is 1.41. The Bertz CT molecular complexity index is 1740. The molecule has 290 valence electrons. The van der Waals surface area contributed by atoms with E-state index >= 15 is 0 Å². The third kappa shape index (κ3) is 9.10. The van der Waals surface area contributed by atoms with Crippen molar-refractivity contribution in [2.45, 2.75) is 85.6 Å². The second-order valence-electron chi connectivity index (χ2n) is 13.5. The molecule has 0 radical (unpaired) electrons. The number of carbonyl (C=O) groups is 3. The highest BCUT2D eigenvalue weighted by Gasteiger charge is 2.50. The molecule has 2 heterocycles. The molecule has 0 saturated heterocycles. The van der Waals surface area contributed by atoms with Crippen molar-refractivity contribution in [3.63, 3.8) is 0 Å².